The van der Waals surface area contributed by atoms with Crippen LogP contribution < -0.4 is 5.32 Å². The molecule has 1 N–H and O–H groups in total. The molecule has 0 aliphatic carbocycles. The maximum Gasteiger partial charge on any atom is 0.295 e. The van der Waals surface area contributed by atoms with E-state index in [4.69, 9.17) is 4.42 Å². The maximum absolute atomic E-state index is 5.35. The minimum absolute atomic E-state index is 0. The van der Waals surface area contributed by atoms with Crippen molar-refractivity contribution in [2.45, 2.75) is 6.92 Å². The minimum Gasteiger partial charge on any atom is -0.424 e. The number of nitrogens with zero attached hydrogens (tertiary/aromatic N) is 1. The Morgan fingerprint density at radius 2 is 2.15 bits per heavy atom. The Hall–Kier alpha value is -1.22. The van der Waals surface area contributed by atoms with Crippen LogP contribution in [0.3, 0.4) is 0 Å². The number of hydrogen-bond donors (Lipinski definition) is 1. The lowest BCUT2D eigenvalue weighted by Crippen LogP contribution is -1.85. The van der Waals surface area contributed by atoms with Gasteiger partial charge in [0, 0.05) is 7.05 Å². The fourth-order valence-corrected chi connectivity index (χ4v) is 1.14. The fraction of sp³-hybridized carbons (Fsp3) is 0.222. The van der Waals surface area contributed by atoms with Crippen molar-refractivity contribution in [2.24, 2.45) is 0 Å². The van der Waals surface area contributed by atoms with Crippen LogP contribution in [0, 0.1) is 6.92 Å². The van der Waals surface area contributed by atoms with E-state index in [0.29, 0.717) is 6.01 Å². The molecule has 0 fully saturated rings. The van der Waals surface area contributed by atoms with E-state index < -0.39 is 0 Å². The summed E-state index contributed by atoms with van der Waals surface area (Å²) < 4.78 is 5.35. The molecule has 0 saturated carbocycles. The maximum atomic E-state index is 5.35. The molecular weight excluding hydrogens is 188 g/mol. The molecule has 0 radical (unpaired) electrons. The van der Waals surface area contributed by atoms with Gasteiger partial charge in [-0.05, 0) is 24.6 Å². The normalized spacial score (nSPS) is 9.69. The van der Waals surface area contributed by atoms with Crippen molar-refractivity contribution in [3.05, 3.63) is 23.8 Å². The molecule has 1 heterocycles. The first kappa shape index (κ1) is 9.86. The van der Waals surface area contributed by atoms with Gasteiger partial charge in [-0.1, -0.05) is 6.07 Å². The molecule has 0 amide bonds. The van der Waals surface area contributed by atoms with Crippen LogP contribution in [0.25, 0.3) is 11.1 Å². The van der Waals surface area contributed by atoms with Gasteiger partial charge in [0.25, 0.3) is 6.01 Å². The van der Waals surface area contributed by atoms with Gasteiger partial charge in [-0.2, -0.15) is 4.98 Å². The molecule has 3 nitrogen and oxygen atoms in total. The highest BCUT2D eigenvalue weighted by Crippen LogP contribution is 2.18. The summed E-state index contributed by atoms with van der Waals surface area (Å²) in [5.41, 5.74) is 2.92. The van der Waals surface area contributed by atoms with Crippen LogP contribution in [0.4, 0.5) is 6.01 Å². The standard InChI is InChI=1S/C9H10N2O.ClH/c1-6-3-4-8-7(5-6)11-9(10-2)12-8;/h3-5H,1-2H3,(H,10,11);1H. The quantitative estimate of drug-likeness (QED) is 0.766. The number of rotatable bonds is 1. The van der Waals surface area contributed by atoms with Gasteiger partial charge in [0.2, 0.25) is 0 Å². The van der Waals surface area contributed by atoms with E-state index in [1.54, 1.807) is 7.05 Å². The van der Waals surface area contributed by atoms with Gasteiger partial charge < -0.3 is 9.73 Å². The summed E-state index contributed by atoms with van der Waals surface area (Å²) in [4.78, 5) is 4.21. The van der Waals surface area contributed by atoms with E-state index in [0.717, 1.165) is 11.1 Å². The van der Waals surface area contributed by atoms with Crippen LogP contribution in [0.15, 0.2) is 22.6 Å². The van der Waals surface area contributed by atoms with Crippen molar-refractivity contribution in [1.82, 2.24) is 4.98 Å². The second-order valence-corrected chi connectivity index (χ2v) is 2.74. The smallest absolute Gasteiger partial charge is 0.295 e. The summed E-state index contributed by atoms with van der Waals surface area (Å²) in [5, 5.41) is 2.86. The molecule has 0 saturated heterocycles. The van der Waals surface area contributed by atoms with Gasteiger partial charge in [-0.3, -0.25) is 0 Å². The summed E-state index contributed by atoms with van der Waals surface area (Å²) in [6, 6.07) is 6.50. The Morgan fingerprint density at radius 3 is 2.85 bits per heavy atom. The highest BCUT2D eigenvalue weighted by atomic mass is 35.5. The molecule has 1 aromatic carbocycles. The van der Waals surface area contributed by atoms with Gasteiger partial charge in [0.15, 0.2) is 5.58 Å². The lowest BCUT2D eigenvalue weighted by Gasteiger charge is -1.87. The number of hydrogen-bond acceptors (Lipinski definition) is 3. The van der Waals surface area contributed by atoms with Gasteiger partial charge in [-0.25, -0.2) is 0 Å². The largest absolute Gasteiger partial charge is 0.424 e. The van der Waals surface area contributed by atoms with Crippen molar-refractivity contribution < 1.29 is 4.42 Å². The number of nitrogens with one attached hydrogen (secondary N) is 1. The van der Waals surface area contributed by atoms with Crippen molar-refractivity contribution in [3.63, 3.8) is 0 Å². The second kappa shape index (κ2) is 3.66. The first-order valence-corrected chi connectivity index (χ1v) is 3.84. The summed E-state index contributed by atoms with van der Waals surface area (Å²) in [5.74, 6) is 0. The monoisotopic (exact) mass is 198 g/mol. The van der Waals surface area contributed by atoms with Crippen LogP contribution in [0.2, 0.25) is 0 Å². The van der Waals surface area contributed by atoms with E-state index in [2.05, 4.69) is 10.3 Å². The van der Waals surface area contributed by atoms with Crippen molar-refractivity contribution >= 4 is 29.5 Å². The lowest BCUT2D eigenvalue weighted by atomic mass is 10.2. The third-order valence-electron chi connectivity index (χ3n) is 1.76. The van der Waals surface area contributed by atoms with E-state index in [1.807, 2.05) is 25.1 Å². The number of oxazole rings is 1. The third kappa shape index (κ3) is 1.75. The van der Waals surface area contributed by atoms with E-state index in [9.17, 15) is 0 Å². The topological polar surface area (TPSA) is 38.1 Å². The van der Waals surface area contributed by atoms with Crippen LogP contribution in [0.5, 0.6) is 0 Å². The van der Waals surface area contributed by atoms with Crippen LogP contribution in [-0.2, 0) is 0 Å². The highest BCUT2D eigenvalue weighted by Gasteiger charge is 2.02. The molecule has 0 unspecified atom stereocenters. The molecule has 0 atom stereocenters. The summed E-state index contributed by atoms with van der Waals surface area (Å²) in [7, 11) is 1.79. The van der Waals surface area contributed by atoms with Crippen molar-refractivity contribution in [3.8, 4) is 0 Å². The molecule has 0 aliphatic heterocycles. The number of fused-ring (bicyclic) bond motifs is 1. The third-order valence-corrected chi connectivity index (χ3v) is 1.76. The molecule has 0 bridgehead atoms. The fourth-order valence-electron chi connectivity index (χ4n) is 1.14. The summed E-state index contributed by atoms with van der Waals surface area (Å²) >= 11 is 0. The Morgan fingerprint density at radius 1 is 1.38 bits per heavy atom. The molecule has 0 spiro atoms. The Kier molecular flexibility index (Phi) is 2.78. The SMILES string of the molecule is CNc1nc2cc(C)ccc2o1.Cl. The predicted octanol–water partition coefficient (Wildman–Crippen LogP) is 2.60. The minimum atomic E-state index is 0. The predicted molar refractivity (Wildman–Crippen MR) is 55.5 cm³/mol. The van der Waals surface area contributed by atoms with Crippen molar-refractivity contribution in [2.75, 3.05) is 12.4 Å². The number of halogens is 1. The second-order valence-electron chi connectivity index (χ2n) is 2.74. The molecule has 0 aliphatic rings. The van der Waals surface area contributed by atoms with Crippen molar-refractivity contribution in [1.29, 1.82) is 0 Å². The van der Waals surface area contributed by atoms with Gasteiger partial charge in [-0.15, -0.1) is 12.4 Å². The molecule has 1 aromatic heterocycles. The molecule has 70 valence electrons. The zero-order valence-electron chi connectivity index (χ0n) is 7.50. The number of anilines is 1. The van der Waals surface area contributed by atoms with Gasteiger partial charge in [0.05, 0.1) is 0 Å². The number of aromatic nitrogens is 1. The first-order chi connectivity index (χ1) is 5.79. The number of aryl methyl sites for hydroxylation is 1. The van der Waals surface area contributed by atoms with Gasteiger partial charge in [0.1, 0.15) is 5.52 Å². The lowest BCUT2D eigenvalue weighted by molar-refractivity contribution is 0.620. The Bertz CT molecular complexity index is 411. The van der Waals surface area contributed by atoms with E-state index in [1.165, 1.54) is 5.56 Å². The Balaban J connectivity index is 0.000000845. The first-order valence-electron chi connectivity index (χ1n) is 3.84. The average Bonchev–Trinajstić information content (AvgIpc) is 2.46. The highest BCUT2D eigenvalue weighted by molar-refractivity contribution is 5.85. The van der Waals surface area contributed by atoms with Crippen LogP contribution in [-0.4, -0.2) is 12.0 Å². The average molecular weight is 199 g/mol. The van der Waals surface area contributed by atoms with E-state index >= 15 is 0 Å². The van der Waals surface area contributed by atoms with E-state index in [-0.39, 0.29) is 12.4 Å². The molecule has 4 heteroatoms. The molecule has 2 rings (SSSR count). The Labute approximate surface area is 82.6 Å². The summed E-state index contributed by atoms with van der Waals surface area (Å²) in [6.45, 7) is 2.03. The molecule has 2 aromatic rings. The zero-order chi connectivity index (χ0) is 8.55. The van der Waals surface area contributed by atoms with Crippen LogP contribution in [0.1, 0.15) is 5.56 Å². The zero-order valence-corrected chi connectivity index (χ0v) is 8.31. The molecule has 13 heavy (non-hydrogen) atoms. The van der Waals surface area contributed by atoms with Crippen LogP contribution >= 0.6 is 12.4 Å². The molecular formula is C9H11ClN2O. The van der Waals surface area contributed by atoms with Gasteiger partial charge >= 0.3 is 0 Å². The summed E-state index contributed by atoms with van der Waals surface area (Å²) in [6.07, 6.45) is 0. The number of benzene rings is 1.